The molecule has 186 valence electrons. The van der Waals surface area contributed by atoms with Crippen molar-refractivity contribution in [2.24, 2.45) is 0 Å². The number of morpholine rings is 1. The van der Waals surface area contributed by atoms with E-state index in [1.165, 1.54) is 16.4 Å². The molecule has 0 unspecified atom stereocenters. The van der Waals surface area contributed by atoms with Crippen LogP contribution in [0.3, 0.4) is 0 Å². The topological polar surface area (TPSA) is 20.4 Å². The van der Waals surface area contributed by atoms with E-state index < -0.39 is 6.97 Å². The zero-order chi connectivity index (χ0) is 25.4. The molecule has 0 bridgehead atoms. The van der Waals surface area contributed by atoms with E-state index in [1.54, 1.807) is 18.2 Å². The predicted octanol–water partition coefficient (Wildman–Crippen LogP) is 6.20. The third-order valence-electron chi connectivity index (χ3n) is 7.17. The van der Waals surface area contributed by atoms with Crippen LogP contribution in [-0.4, -0.2) is 47.9 Å². The molecule has 6 rings (SSSR count). The van der Waals surface area contributed by atoms with E-state index in [9.17, 15) is 0 Å². The highest BCUT2D eigenvalue weighted by molar-refractivity contribution is 6.58. The van der Waals surface area contributed by atoms with Gasteiger partial charge in [-0.3, -0.25) is 0 Å². The number of nitrogens with zero attached hydrogens (tertiary/aromatic N) is 3. The average Bonchev–Trinajstić information content (AvgIpc) is 3.53. The molecule has 3 aromatic rings. The first-order chi connectivity index (χ1) is 18.0. The lowest BCUT2D eigenvalue weighted by molar-refractivity contribution is -0.361. The fraction of sp³-hybridized carbons (Fsp3) is 0.167. The average molecular weight is 495 g/mol. The second-order valence-electron chi connectivity index (χ2n) is 9.60. The van der Waals surface area contributed by atoms with E-state index in [0.29, 0.717) is 17.1 Å². The maximum atomic E-state index is 15.3. The number of rotatable bonds is 5. The van der Waals surface area contributed by atoms with E-state index >= 15 is 8.63 Å². The van der Waals surface area contributed by atoms with E-state index in [-0.39, 0.29) is 0 Å². The van der Waals surface area contributed by atoms with Crippen LogP contribution in [0.15, 0.2) is 90.3 Å². The third kappa shape index (κ3) is 4.51. The van der Waals surface area contributed by atoms with Gasteiger partial charge in [0.25, 0.3) is 0 Å². The summed E-state index contributed by atoms with van der Waals surface area (Å²) in [5, 5.41) is 0. The van der Waals surface area contributed by atoms with Crippen LogP contribution < -0.4 is 4.90 Å². The molecule has 0 saturated carbocycles. The van der Waals surface area contributed by atoms with Crippen LogP contribution in [0.5, 0.6) is 0 Å². The van der Waals surface area contributed by atoms with Gasteiger partial charge in [0.05, 0.1) is 13.2 Å². The first-order valence-corrected chi connectivity index (χ1v) is 12.6. The van der Waals surface area contributed by atoms with Crippen molar-refractivity contribution in [2.45, 2.75) is 6.92 Å². The Kier molecular flexibility index (Phi) is 6.01. The number of benzene rings is 2. The zero-order valence-electron chi connectivity index (χ0n) is 20.7. The summed E-state index contributed by atoms with van der Waals surface area (Å²) in [6, 6.07) is 20.0. The normalized spacial score (nSPS) is 18.8. The summed E-state index contributed by atoms with van der Waals surface area (Å²) in [4.78, 5) is 2.34. The maximum absolute atomic E-state index is 15.3. The van der Waals surface area contributed by atoms with Gasteiger partial charge < -0.3 is 27.2 Å². The molecule has 1 fully saturated rings. The largest absolute Gasteiger partial charge is 0.737 e. The van der Waals surface area contributed by atoms with Crippen molar-refractivity contribution in [3.63, 3.8) is 0 Å². The Morgan fingerprint density at radius 2 is 1.41 bits per heavy atom. The fourth-order valence-corrected chi connectivity index (χ4v) is 5.14. The molecule has 0 amide bonds. The lowest BCUT2D eigenvalue weighted by Crippen LogP contribution is -2.49. The lowest BCUT2D eigenvalue weighted by Gasteiger charge is -2.28. The minimum Gasteiger partial charge on any atom is -0.396 e. The van der Waals surface area contributed by atoms with Gasteiger partial charge in [0.1, 0.15) is 0 Å². The Labute approximate surface area is 215 Å². The molecular weight excluding hydrogens is 467 g/mol. The van der Waals surface area contributed by atoms with Crippen LogP contribution in [0.1, 0.15) is 29.3 Å². The highest BCUT2D eigenvalue weighted by Gasteiger charge is 2.52. The Bertz CT molecular complexity index is 1470. The summed E-state index contributed by atoms with van der Waals surface area (Å²) >= 11 is 0. The summed E-state index contributed by atoms with van der Waals surface area (Å²) in [7, 11) is 0. The molecule has 4 heterocycles. The van der Waals surface area contributed by atoms with Gasteiger partial charge in [-0.25, -0.2) is 0 Å². The first-order valence-electron chi connectivity index (χ1n) is 12.6. The Morgan fingerprint density at radius 1 is 0.811 bits per heavy atom. The smallest absolute Gasteiger partial charge is 0.396 e. The Balaban J connectivity index is 1.16. The molecule has 37 heavy (non-hydrogen) atoms. The molecule has 0 N–H and O–H groups in total. The van der Waals surface area contributed by atoms with E-state index in [4.69, 9.17) is 4.74 Å². The van der Waals surface area contributed by atoms with Crippen LogP contribution in [0.25, 0.3) is 24.3 Å². The molecule has 1 aromatic heterocycles. The van der Waals surface area contributed by atoms with Crippen molar-refractivity contribution >= 4 is 42.7 Å². The van der Waals surface area contributed by atoms with Gasteiger partial charge in [-0.05, 0) is 60.2 Å². The summed E-state index contributed by atoms with van der Waals surface area (Å²) < 4.78 is 38.3. The molecule has 0 spiro atoms. The second-order valence-corrected chi connectivity index (χ2v) is 9.60. The van der Waals surface area contributed by atoms with Gasteiger partial charge in [-0.2, -0.15) is 0 Å². The minimum absolute atomic E-state index is 0.498. The quantitative estimate of drug-likeness (QED) is 0.311. The zero-order valence-corrected chi connectivity index (χ0v) is 20.7. The second kappa shape index (κ2) is 9.49. The van der Waals surface area contributed by atoms with Crippen LogP contribution in [0.4, 0.5) is 14.3 Å². The number of allylic oxidation sites excluding steroid dienone is 3. The molecule has 1 saturated heterocycles. The van der Waals surface area contributed by atoms with E-state index in [1.807, 2.05) is 49.4 Å². The fourth-order valence-electron chi connectivity index (χ4n) is 5.14. The molecule has 4 nitrogen and oxygen atoms in total. The summed E-state index contributed by atoms with van der Waals surface area (Å²) in [5.41, 5.74) is 6.83. The highest BCUT2D eigenvalue weighted by atomic mass is 19.2. The number of anilines is 1. The van der Waals surface area contributed by atoms with Crippen molar-refractivity contribution in [1.29, 1.82) is 0 Å². The minimum atomic E-state index is -3.93. The SMILES string of the molecule is CC1=CC(/C=C/c2ccc(/C=C/c3ccc(N4CCOCC4)cc3)cc2)=[N+]2C1=Cc1cccn1[B-]2(F)F. The maximum Gasteiger partial charge on any atom is 0.737 e. The summed E-state index contributed by atoms with van der Waals surface area (Å²) in [6.07, 6.45) is 12.9. The van der Waals surface area contributed by atoms with Gasteiger partial charge in [0.2, 0.25) is 0 Å². The molecule has 0 aliphatic carbocycles. The summed E-state index contributed by atoms with van der Waals surface area (Å²) in [6.45, 7) is 1.36. The van der Waals surface area contributed by atoms with Gasteiger partial charge >= 0.3 is 6.97 Å². The Morgan fingerprint density at radius 3 is 2.05 bits per heavy atom. The molecule has 0 atom stereocenters. The predicted molar refractivity (Wildman–Crippen MR) is 149 cm³/mol. The third-order valence-corrected chi connectivity index (χ3v) is 7.17. The van der Waals surface area contributed by atoms with Crippen LogP contribution in [0.2, 0.25) is 0 Å². The number of hydrogen-bond acceptors (Lipinski definition) is 2. The van der Waals surface area contributed by atoms with Crippen molar-refractivity contribution < 1.29 is 17.9 Å². The molecule has 2 aromatic carbocycles. The van der Waals surface area contributed by atoms with Gasteiger partial charge in [0, 0.05) is 48.3 Å². The van der Waals surface area contributed by atoms with Crippen molar-refractivity contribution in [3.8, 4) is 0 Å². The standard InChI is InChI=1S/C30H28BF2N3O/c1-23-21-29(36-30(23)22-28-3-2-16-35(28)31(36,32)33)15-12-25-7-4-24(5-8-25)6-9-26-10-13-27(14-11-26)34-17-19-37-20-18-34/h2-16,21-22H,17-20H2,1H3/b9-6+,15-12+. The van der Waals surface area contributed by atoms with Crippen LogP contribution >= 0.6 is 0 Å². The number of fused-ring (bicyclic) bond motifs is 2. The van der Waals surface area contributed by atoms with Crippen LogP contribution in [0, 0.1) is 0 Å². The molecule has 0 radical (unpaired) electrons. The monoisotopic (exact) mass is 495 g/mol. The van der Waals surface area contributed by atoms with Crippen LogP contribution in [-0.2, 0) is 4.74 Å². The number of aromatic nitrogens is 1. The highest BCUT2D eigenvalue weighted by Crippen LogP contribution is 2.34. The van der Waals surface area contributed by atoms with Crippen molar-refractivity contribution in [3.05, 3.63) is 113 Å². The van der Waals surface area contributed by atoms with Gasteiger partial charge in [0.15, 0.2) is 11.4 Å². The van der Waals surface area contributed by atoms with E-state index in [2.05, 4.69) is 41.3 Å². The molecule has 7 heteroatoms. The lowest BCUT2D eigenvalue weighted by atomic mass is 9.90. The Hall–Kier alpha value is -3.97. The molecular formula is C30H28BF2N3O. The summed E-state index contributed by atoms with van der Waals surface area (Å²) in [5.74, 6) is 0. The van der Waals surface area contributed by atoms with Gasteiger partial charge in [-0.1, -0.05) is 48.6 Å². The van der Waals surface area contributed by atoms with Crippen molar-refractivity contribution in [1.82, 2.24) is 4.48 Å². The van der Waals surface area contributed by atoms with Gasteiger partial charge in [-0.15, -0.1) is 0 Å². The molecule has 3 aliphatic rings. The number of halogens is 2. The molecule has 3 aliphatic heterocycles. The van der Waals surface area contributed by atoms with Crippen molar-refractivity contribution in [2.75, 3.05) is 31.2 Å². The first kappa shape index (κ1) is 23.4. The number of ether oxygens (including phenoxy) is 1. The number of hydrogen-bond donors (Lipinski definition) is 0. The van der Waals surface area contributed by atoms with E-state index in [0.717, 1.165) is 53.0 Å².